The number of hydrogen-bond acceptors (Lipinski definition) is 7. The topological polar surface area (TPSA) is 94.9 Å². The fraction of sp³-hybridized carbons (Fsp3) is 0.323. The van der Waals surface area contributed by atoms with Crippen LogP contribution in [0.3, 0.4) is 0 Å². The Balaban J connectivity index is 1.48. The van der Waals surface area contributed by atoms with Crippen molar-refractivity contribution >= 4 is 40.0 Å². The minimum Gasteiger partial charge on any atom is -0.490 e. The molecule has 0 fully saturated rings. The van der Waals surface area contributed by atoms with Gasteiger partial charge in [-0.2, -0.15) is 0 Å². The summed E-state index contributed by atoms with van der Waals surface area (Å²) in [5, 5.41) is 5.90. The highest BCUT2D eigenvalue weighted by atomic mass is 32.1. The fourth-order valence-corrected chi connectivity index (χ4v) is 4.31. The molecule has 210 valence electrons. The number of anilines is 1. The first-order valence-corrected chi connectivity index (χ1v) is 13.7. The van der Waals surface area contributed by atoms with E-state index in [1.807, 2.05) is 51.1 Å². The molecule has 0 saturated heterocycles. The van der Waals surface area contributed by atoms with E-state index in [4.69, 9.17) is 30.8 Å². The summed E-state index contributed by atoms with van der Waals surface area (Å²) in [6.07, 6.45) is 0. The van der Waals surface area contributed by atoms with Crippen molar-refractivity contribution in [3.05, 3.63) is 65.7 Å². The van der Waals surface area contributed by atoms with Gasteiger partial charge in [-0.3, -0.25) is 10.1 Å². The van der Waals surface area contributed by atoms with Gasteiger partial charge in [-0.15, -0.1) is 0 Å². The number of benzene rings is 3. The maximum Gasteiger partial charge on any atom is 0.257 e. The van der Waals surface area contributed by atoms with Crippen molar-refractivity contribution in [1.82, 2.24) is 10.3 Å². The first kappa shape index (κ1) is 28.9. The standard InChI is InChI=1S/C31H35N3O5S/c1-7-36-25-16-20(17-26(37-8-2)27(25)38-9-3)28(35)34-30(40)32-22-14-15-24-23(18-22)33-29(39-24)19-10-12-21(13-11-19)31(4,5)6/h10-18H,7-9H2,1-6H3,(H2,32,34,35,40). The van der Waals surface area contributed by atoms with E-state index in [1.165, 1.54) is 5.56 Å². The monoisotopic (exact) mass is 561 g/mol. The highest BCUT2D eigenvalue weighted by Crippen LogP contribution is 2.39. The lowest BCUT2D eigenvalue weighted by Crippen LogP contribution is -2.34. The number of rotatable bonds is 9. The van der Waals surface area contributed by atoms with Crippen LogP contribution >= 0.6 is 12.2 Å². The number of nitrogens with zero attached hydrogens (tertiary/aromatic N) is 1. The fourth-order valence-electron chi connectivity index (χ4n) is 4.10. The van der Waals surface area contributed by atoms with Gasteiger partial charge in [0.15, 0.2) is 22.2 Å². The molecule has 3 aromatic carbocycles. The van der Waals surface area contributed by atoms with Crippen LogP contribution in [-0.2, 0) is 5.41 Å². The second-order valence-corrected chi connectivity index (χ2v) is 10.4. The molecule has 0 saturated carbocycles. The Morgan fingerprint density at radius 1 is 0.900 bits per heavy atom. The highest BCUT2D eigenvalue weighted by Gasteiger charge is 2.19. The van der Waals surface area contributed by atoms with Crippen LogP contribution in [0.4, 0.5) is 5.69 Å². The zero-order chi connectivity index (χ0) is 28.9. The van der Waals surface area contributed by atoms with Crippen LogP contribution in [-0.4, -0.2) is 35.8 Å². The number of aromatic nitrogens is 1. The Hall–Kier alpha value is -4.11. The number of carbonyl (C=O) groups excluding carboxylic acids is 1. The van der Waals surface area contributed by atoms with E-state index >= 15 is 0 Å². The highest BCUT2D eigenvalue weighted by molar-refractivity contribution is 7.80. The number of fused-ring (bicyclic) bond motifs is 1. The third kappa shape index (κ3) is 6.71. The Bertz CT molecular complexity index is 1480. The molecule has 0 aliphatic rings. The molecule has 0 aliphatic carbocycles. The predicted molar refractivity (Wildman–Crippen MR) is 162 cm³/mol. The molecule has 0 aliphatic heterocycles. The summed E-state index contributed by atoms with van der Waals surface area (Å²) in [4.78, 5) is 17.7. The van der Waals surface area contributed by atoms with Crippen molar-refractivity contribution in [3.63, 3.8) is 0 Å². The molecule has 1 aromatic heterocycles. The largest absolute Gasteiger partial charge is 0.490 e. The van der Waals surface area contributed by atoms with Crippen LogP contribution in [0.15, 0.2) is 59.0 Å². The van der Waals surface area contributed by atoms with Crippen LogP contribution in [0.5, 0.6) is 17.2 Å². The molecule has 0 atom stereocenters. The molecule has 4 rings (SSSR count). The van der Waals surface area contributed by atoms with E-state index in [0.29, 0.717) is 65.3 Å². The van der Waals surface area contributed by atoms with E-state index in [2.05, 4.69) is 48.5 Å². The van der Waals surface area contributed by atoms with Gasteiger partial charge in [-0.1, -0.05) is 32.9 Å². The molecule has 9 heteroatoms. The summed E-state index contributed by atoms with van der Waals surface area (Å²) in [6.45, 7) is 13.4. The van der Waals surface area contributed by atoms with Crippen LogP contribution in [0.2, 0.25) is 0 Å². The summed E-state index contributed by atoms with van der Waals surface area (Å²) in [7, 11) is 0. The van der Waals surface area contributed by atoms with Gasteiger partial charge in [0, 0.05) is 16.8 Å². The van der Waals surface area contributed by atoms with Crippen molar-refractivity contribution < 1.29 is 23.4 Å². The molecule has 1 heterocycles. The van der Waals surface area contributed by atoms with E-state index in [9.17, 15) is 4.79 Å². The van der Waals surface area contributed by atoms with Crippen molar-refractivity contribution in [1.29, 1.82) is 0 Å². The normalized spacial score (nSPS) is 11.2. The quantitative estimate of drug-likeness (QED) is 0.209. The molecule has 2 N–H and O–H groups in total. The van der Waals surface area contributed by atoms with Crippen molar-refractivity contribution in [2.45, 2.75) is 47.0 Å². The molecule has 0 radical (unpaired) electrons. The van der Waals surface area contributed by atoms with E-state index in [0.717, 1.165) is 5.56 Å². The second-order valence-electron chi connectivity index (χ2n) is 10.0. The zero-order valence-electron chi connectivity index (χ0n) is 23.7. The van der Waals surface area contributed by atoms with Crippen LogP contribution in [0.1, 0.15) is 57.5 Å². The molecule has 0 unspecified atom stereocenters. The average Bonchev–Trinajstić information content (AvgIpc) is 3.33. The van der Waals surface area contributed by atoms with Crippen molar-refractivity contribution in [2.24, 2.45) is 0 Å². The number of nitrogens with one attached hydrogen (secondary N) is 2. The lowest BCUT2D eigenvalue weighted by molar-refractivity contribution is 0.0976. The predicted octanol–water partition coefficient (Wildman–Crippen LogP) is 7.12. The Labute approximate surface area is 240 Å². The Morgan fingerprint density at radius 2 is 1.52 bits per heavy atom. The minimum absolute atomic E-state index is 0.0678. The van der Waals surface area contributed by atoms with Gasteiger partial charge in [-0.25, -0.2) is 4.98 Å². The number of hydrogen-bond donors (Lipinski definition) is 2. The van der Waals surface area contributed by atoms with Crippen LogP contribution in [0.25, 0.3) is 22.6 Å². The van der Waals surface area contributed by atoms with Gasteiger partial charge in [0.1, 0.15) is 5.52 Å². The average molecular weight is 562 g/mol. The van der Waals surface area contributed by atoms with Gasteiger partial charge < -0.3 is 23.9 Å². The molecule has 8 nitrogen and oxygen atoms in total. The minimum atomic E-state index is -0.411. The SMILES string of the molecule is CCOc1cc(C(=O)NC(=S)Nc2ccc3oc(-c4ccc(C(C)(C)C)cc4)nc3c2)cc(OCC)c1OCC. The number of ether oxygens (including phenoxy) is 3. The van der Waals surface area contributed by atoms with E-state index in [1.54, 1.807) is 12.1 Å². The Kier molecular flexibility index (Phi) is 8.94. The lowest BCUT2D eigenvalue weighted by atomic mass is 9.87. The van der Waals surface area contributed by atoms with Crippen molar-refractivity contribution in [3.8, 4) is 28.7 Å². The summed E-state index contributed by atoms with van der Waals surface area (Å²) in [6, 6.07) is 16.9. The van der Waals surface area contributed by atoms with Gasteiger partial charge >= 0.3 is 0 Å². The first-order chi connectivity index (χ1) is 19.1. The molecule has 0 spiro atoms. The van der Waals surface area contributed by atoms with Gasteiger partial charge in [0.2, 0.25) is 11.6 Å². The molecule has 1 amide bonds. The lowest BCUT2D eigenvalue weighted by Gasteiger charge is -2.18. The molecular formula is C31H35N3O5S. The second kappa shape index (κ2) is 12.4. The van der Waals surface area contributed by atoms with Crippen molar-refractivity contribution in [2.75, 3.05) is 25.1 Å². The zero-order valence-corrected chi connectivity index (χ0v) is 24.5. The summed E-state index contributed by atoms with van der Waals surface area (Å²) < 4.78 is 23.1. The van der Waals surface area contributed by atoms with Gasteiger partial charge in [0.05, 0.1) is 19.8 Å². The molecule has 0 bridgehead atoms. The molecular weight excluding hydrogens is 526 g/mol. The summed E-state index contributed by atoms with van der Waals surface area (Å²) in [5.41, 5.74) is 4.52. The third-order valence-corrected chi connectivity index (χ3v) is 6.25. The van der Waals surface area contributed by atoms with E-state index in [-0.39, 0.29) is 10.5 Å². The van der Waals surface area contributed by atoms with Gasteiger partial charge in [-0.05, 0) is 86.4 Å². The van der Waals surface area contributed by atoms with E-state index < -0.39 is 5.91 Å². The smallest absolute Gasteiger partial charge is 0.257 e. The summed E-state index contributed by atoms with van der Waals surface area (Å²) in [5.74, 6) is 1.45. The number of thiocarbonyl (C=S) groups is 1. The van der Waals surface area contributed by atoms with Crippen LogP contribution < -0.4 is 24.8 Å². The maximum atomic E-state index is 13.1. The maximum absolute atomic E-state index is 13.1. The molecule has 4 aromatic rings. The number of oxazole rings is 1. The first-order valence-electron chi connectivity index (χ1n) is 13.3. The number of amides is 1. The van der Waals surface area contributed by atoms with Gasteiger partial charge in [0.25, 0.3) is 5.91 Å². The third-order valence-electron chi connectivity index (χ3n) is 6.04. The number of carbonyl (C=O) groups is 1. The molecule has 40 heavy (non-hydrogen) atoms. The summed E-state index contributed by atoms with van der Waals surface area (Å²) >= 11 is 5.42. The Morgan fingerprint density at radius 3 is 2.10 bits per heavy atom. The van der Waals surface area contributed by atoms with Crippen LogP contribution in [0, 0.1) is 0 Å².